The highest BCUT2D eigenvalue weighted by Gasteiger charge is 2.13. The van der Waals surface area contributed by atoms with Crippen LogP contribution in [-0.2, 0) is 16.1 Å². The van der Waals surface area contributed by atoms with Crippen LogP contribution in [0.25, 0.3) is 0 Å². The number of aromatic carboxylic acids is 1. The highest BCUT2D eigenvalue weighted by molar-refractivity contribution is 5.87. The van der Waals surface area contributed by atoms with E-state index >= 15 is 0 Å². The van der Waals surface area contributed by atoms with Crippen LogP contribution in [0.3, 0.4) is 0 Å². The fraction of sp³-hybridized carbons (Fsp3) is 0.500. The van der Waals surface area contributed by atoms with Crippen LogP contribution in [0.1, 0.15) is 49.0 Å². The average molecular weight is 334 g/mol. The predicted octanol–water partition coefficient (Wildman–Crippen LogP) is 2.38. The number of rotatable bonds is 9. The number of carbonyl (C=O) groups excluding carboxylic acids is 2. The summed E-state index contributed by atoms with van der Waals surface area (Å²) >= 11 is 0. The van der Waals surface area contributed by atoms with Crippen molar-refractivity contribution in [3.05, 3.63) is 35.4 Å². The third-order valence-corrected chi connectivity index (χ3v) is 3.94. The summed E-state index contributed by atoms with van der Waals surface area (Å²) in [4.78, 5) is 38.2. The fourth-order valence-corrected chi connectivity index (χ4v) is 2.43. The van der Waals surface area contributed by atoms with Crippen molar-refractivity contribution in [1.29, 1.82) is 0 Å². The number of carboxylic acids is 1. The lowest BCUT2D eigenvalue weighted by Crippen LogP contribution is -2.31. The van der Waals surface area contributed by atoms with Crippen LogP contribution in [-0.4, -0.2) is 52.8 Å². The van der Waals surface area contributed by atoms with Gasteiger partial charge in [-0.15, -0.1) is 0 Å². The summed E-state index contributed by atoms with van der Waals surface area (Å²) in [6, 6.07) is 6.46. The van der Waals surface area contributed by atoms with Gasteiger partial charge in [-0.25, -0.2) is 4.79 Å². The Kier molecular flexibility index (Phi) is 7.95. The van der Waals surface area contributed by atoms with Gasteiger partial charge in [0.2, 0.25) is 11.8 Å². The summed E-state index contributed by atoms with van der Waals surface area (Å²) in [6.45, 7) is 5.68. The first-order valence-electron chi connectivity index (χ1n) is 8.23. The lowest BCUT2D eigenvalue weighted by atomic mass is 10.1. The van der Waals surface area contributed by atoms with Gasteiger partial charge in [0.1, 0.15) is 0 Å². The van der Waals surface area contributed by atoms with Gasteiger partial charge in [0.05, 0.1) is 5.56 Å². The molecule has 1 aromatic rings. The lowest BCUT2D eigenvalue weighted by Gasteiger charge is -2.19. The molecule has 24 heavy (non-hydrogen) atoms. The maximum absolute atomic E-state index is 12.1. The molecule has 0 aliphatic rings. The van der Waals surface area contributed by atoms with E-state index in [1.807, 2.05) is 13.8 Å². The van der Waals surface area contributed by atoms with Crippen LogP contribution < -0.4 is 0 Å². The molecule has 0 heterocycles. The van der Waals surface area contributed by atoms with E-state index in [1.165, 1.54) is 12.1 Å². The Hall–Kier alpha value is -2.37. The molecule has 0 spiro atoms. The molecular formula is C18H26N2O4. The van der Waals surface area contributed by atoms with Crippen molar-refractivity contribution in [2.45, 2.75) is 39.7 Å². The van der Waals surface area contributed by atoms with Crippen LogP contribution in [0, 0.1) is 0 Å². The van der Waals surface area contributed by atoms with Crippen molar-refractivity contribution in [2.75, 3.05) is 20.1 Å². The highest BCUT2D eigenvalue weighted by Crippen LogP contribution is 2.09. The third-order valence-electron chi connectivity index (χ3n) is 3.94. The van der Waals surface area contributed by atoms with E-state index in [1.54, 1.807) is 29.0 Å². The smallest absolute Gasteiger partial charge is 0.335 e. The molecule has 0 atom stereocenters. The number of carboxylic acid groups (broad SMARTS) is 1. The number of benzene rings is 1. The molecular weight excluding hydrogens is 308 g/mol. The molecule has 1 N–H and O–H groups in total. The Bertz CT molecular complexity index is 565. The van der Waals surface area contributed by atoms with Crippen LogP contribution in [0.15, 0.2) is 24.3 Å². The molecule has 0 bridgehead atoms. The molecule has 0 aliphatic carbocycles. The maximum Gasteiger partial charge on any atom is 0.335 e. The van der Waals surface area contributed by atoms with E-state index in [0.29, 0.717) is 38.9 Å². The normalized spacial score (nSPS) is 10.3. The summed E-state index contributed by atoms with van der Waals surface area (Å²) in [7, 11) is 1.71. The molecule has 0 aromatic heterocycles. The molecule has 6 nitrogen and oxygen atoms in total. The minimum absolute atomic E-state index is 0.0235. The van der Waals surface area contributed by atoms with Gasteiger partial charge in [0, 0.05) is 39.5 Å². The van der Waals surface area contributed by atoms with Crippen molar-refractivity contribution in [1.82, 2.24) is 9.80 Å². The zero-order valence-corrected chi connectivity index (χ0v) is 14.6. The first-order valence-corrected chi connectivity index (χ1v) is 8.23. The molecule has 2 amide bonds. The first-order chi connectivity index (χ1) is 11.4. The number of amides is 2. The largest absolute Gasteiger partial charge is 0.478 e. The highest BCUT2D eigenvalue weighted by atomic mass is 16.4. The van der Waals surface area contributed by atoms with E-state index in [-0.39, 0.29) is 17.4 Å². The number of nitrogens with zero attached hydrogens (tertiary/aromatic N) is 2. The van der Waals surface area contributed by atoms with Crippen molar-refractivity contribution in [3.63, 3.8) is 0 Å². The lowest BCUT2D eigenvalue weighted by molar-refractivity contribution is -0.132. The second kappa shape index (κ2) is 9.70. The van der Waals surface area contributed by atoms with Gasteiger partial charge in [0.25, 0.3) is 0 Å². The van der Waals surface area contributed by atoms with Gasteiger partial charge < -0.3 is 14.9 Å². The number of hydrogen-bond donors (Lipinski definition) is 1. The van der Waals surface area contributed by atoms with E-state index < -0.39 is 5.97 Å². The quantitative estimate of drug-likeness (QED) is 0.752. The zero-order chi connectivity index (χ0) is 18.1. The molecule has 0 saturated carbocycles. The Morgan fingerprint density at radius 1 is 0.958 bits per heavy atom. The molecule has 6 heteroatoms. The molecule has 0 unspecified atom stereocenters. The van der Waals surface area contributed by atoms with E-state index in [4.69, 9.17) is 5.11 Å². The summed E-state index contributed by atoms with van der Waals surface area (Å²) in [6.07, 6.45) is 1.25. The zero-order valence-electron chi connectivity index (χ0n) is 14.6. The summed E-state index contributed by atoms with van der Waals surface area (Å²) in [5.41, 5.74) is 1.10. The van der Waals surface area contributed by atoms with Crippen molar-refractivity contribution >= 4 is 17.8 Å². The van der Waals surface area contributed by atoms with Crippen LogP contribution in [0.5, 0.6) is 0 Å². The maximum atomic E-state index is 12.1. The minimum Gasteiger partial charge on any atom is -0.478 e. The van der Waals surface area contributed by atoms with Gasteiger partial charge in [-0.3, -0.25) is 9.59 Å². The Morgan fingerprint density at radius 3 is 2.00 bits per heavy atom. The van der Waals surface area contributed by atoms with Gasteiger partial charge in [-0.1, -0.05) is 12.1 Å². The molecule has 0 radical (unpaired) electrons. The van der Waals surface area contributed by atoms with Gasteiger partial charge in [-0.05, 0) is 38.0 Å². The Balaban J connectivity index is 2.42. The minimum atomic E-state index is -0.969. The second-order valence-corrected chi connectivity index (χ2v) is 5.67. The second-order valence-electron chi connectivity index (χ2n) is 5.67. The topological polar surface area (TPSA) is 77.9 Å². The van der Waals surface area contributed by atoms with E-state index in [9.17, 15) is 14.4 Å². The number of carbonyl (C=O) groups is 3. The van der Waals surface area contributed by atoms with Crippen molar-refractivity contribution < 1.29 is 19.5 Å². The Morgan fingerprint density at radius 2 is 1.50 bits per heavy atom. The number of hydrogen-bond acceptors (Lipinski definition) is 3. The van der Waals surface area contributed by atoms with Gasteiger partial charge in [-0.2, -0.15) is 0 Å². The van der Waals surface area contributed by atoms with E-state index in [2.05, 4.69) is 0 Å². The molecule has 0 saturated heterocycles. The standard InChI is InChI=1S/C18H26N2O4/c1-4-20(5-2)17(22)8-6-7-16(21)19(3)13-14-9-11-15(12-10-14)18(23)24/h9-12H,4-8,13H2,1-3H3,(H,23,24). The van der Waals surface area contributed by atoms with Crippen LogP contribution in [0.4, 0.5) is 0 Å². The molecule has 1 aromatic carbocycles. The molecule has 0 aliphatic heterocycles. The summed E-state index contributed by atoms with van der Waals surface area (Å²) < 4.78 is 0. The monoisotopic (exact) mass is 334 g/mol. The summed E-state index contributed by atoms with van der Waals surface area (Å²) in [5.74, 6) is -0.909. The summed E-state index contributed by atoms with van der Waals surface area (Å²) in [5, 5.41) is 8.87. The van der Waals surface area contributed by atoms with E-state index in [0.717, 1.165) is 5.56 Å². The molecule has 1 rings (SSSR count). The van der Waals surface area contributed by atoms with Gasteiger partial charge in [0.15, 0.2) is 0 Å². The molecule has 0 fully saturated rings. The Labute approximate surface area is 143 Å². The predicted molar refractivity (Wildman–Crippen MR) is 91.7 cm³/mol. The average Bonchev–Trinajstić information content (AvgIpc) is 2.56. The van der Waals surface area contributed by atoms with Gasteiger partial charge >= 0.3 is 5.97 Å². The molecule has 132 valence electrons. The first kappa shape index (κ1) is 19.7. The van der Waals surface area contributed by atoms with Crippen LogP contribution in [0.2, 0.25) is 0 Å². The fourth-order valence-electron chi connectivity index (χ4n) is 2.43. The SMILES string of the molecule is CCN(CC)C(=O)CCCC(=O)N(C)Cc1ccc(C(=O)O)cc1. The van der Waals surface area contributed by atoms with Crippen molar-refractivity contribution in [2.24, 2.45) is 0 Å². The van der Waals surface area contributed by atoms with Crippen molar-refractivity contribution in [3.8, 4) is 0 Å². The van der Waals surface area contributed by atoms with Crippen LogP contribution >= 0.6 is 0 Å². The third kappa shape index (κ3) is 6.02.